The minimum Gasteiger partial charge on any atom is -0.309 e. The molecule has 0 radical (unpaired) electrons. The maximum absolute atomic E-state index is 13.4. The number of carbonyl (C=O) groups is 2. The third kappa shape index (κ3) is 7.80. The van der Waals surface area contributed by atoms with Gasteiger partial charge >= 0.3 is 0 Å². The van der Waals surface area contributed by atoms with E-state index in [1.165, 1.54) is 21.5 Å². The van der Waals surface area contributed by atoms with Gasteiger partial charge in [0, 0.05) is 59.9 Å². The number of amides is 2. The Morgan fingerprint density at radius 2 is 1.04 bits per heavy atom. The van der Waals surface area contributed by atoms with Gasteiger partial charge in [-0.2, -0.15) is 20.4 Å². The molecule has 2 aromatic carbocycles. The van der Waals surface area contributed by atoms with Gasteiger partial charge in [0.25, 0.3) is 0 Å². The first-order valence-electron chi connectivity index (χ1n) is 16.8. The smallest absolute Gasteiger partial charge is 0.234 e. The van der Waals surface area contributed by atoms with Crippen LogP contribution in [0.25, 0.3) is 11.4 Å². The van der Waals surface area contributed by atoms with E-state index >= 15 is 0 Å². The molecule has 12 nitrogen and oxygen atoms in total. The quantitative estimate of drug-likeness (QED) is 0.112. The first-order valence-corrected chi connectivity index (χ1v) is 16.8. The SMILES string of the molecule is C[C@@H](C(=O)Nc1cc(C2CC2)[nH]n1)c1ccn(-c2ccc(F)c(F)c2)n1.C[C@@H](C(=O)Nc1cc(C2CC2)[nH]n1)c1ccn(-c2ccc(F)c(F)c2)n1. The van der Waals surface area contributed by atoms with E-state index in [0.29, 0.717) is 46.2 Å². The largest absolute Gasteiger partial charge is 0.309 e. The van der Waals surface area contributed by atoms with Crippen molar-refractivity contribution in [2.24, 2.45) is 0 Å². The number of hydrogen-bond acceptors (Lipinski definition) is 6. The number of nitrogens with one attached hydrogen (secondary N) is 4. The molecule has 16 heteroatoms. The summed E-state index contributed by atoms with van der Waals surface area (Å²) < 4.78 is 55.7. The maximum Gasteiger partial charge on any atom is 0.234 e. The lowest BCUT2D eigenvalue weighted by Crippen LogP contribution is -2.19. The molecule has 268 valence electrons. The fraction of sp³-hybridized carbons (Fsp3) is 0.278. The molecule has 2 fully saturated rings. The van der Waals surface area contributed by atoms with Gasteiger partial charge in [-0.1, -0.05) is 0 Å². The third-order valence-electron chi connectivity index (χ3n) is 8.96. The summed E-state index contributed by atoms with van der Waals surface area (Å²) in [6.45, 7) is 3.45. The summed E-state index contributed by atoms with van der Waals surface area (Å²) in [5, 5.41) is 28.2. The lowest BCUT2D eigenvalue weighted by molar-refractivity contribution is -0.118. The molecule has 2 aliphatic carbocycles. The summed E-state index contributed by atoms with van der Waals surface area (Å²) in [6.07, 6.45) is 7.79. The zero-order valence-corrected chi connectivity index (χ0v) is 28.1. The van der Waals surface area contributed by atoms with Crippen molar-refractivity contribution in [1.29, 1.82) is 0 Å². The number of carbonyl (C=O) groups excluding carboxylic acids is 2. The molecule has 0 saturated heterocycles. The molecule has 2 atom stereocenters. The molecule has 2 amide bonds. The van der Waals surface area contributed by atoms with E-state index in [9.17, 15) is 27.2 Å². The number of rotatable bonds is 10. The zero-order valence-electron chi connectivity index (χ0n) is 28.1. The van der Waals surface area contributed by atoms with E-state index in [4.69, 9.17) is 0 Å². The molecule has 6 aromatic rings. The molecule has 0 bridgehead atoms. The number of hydrogen-bond donors (Lipinski definition) is 4. The number of H-pyrrole nitrogens is 2. The standard InChI is InChI=1S/2C18H17F2N5O/c2*1-10(18(26)21-17-9-16(22-23-17)11-2-3-11)15-6-7-25(24-15)12-4-5-13(19)14(20)8-12/h2*4-11H,2-3H2,1H3,(H2,21,22,23,26)/t2*10-/m11/s1. The molecular weight excluding hydrogens is 680 g/mol. The van der Waals surface area contributed by atoms with Gasteiger partial charge in [-0.3, -0.25) is 19.8 Å². The second-order valence-electron chi connectivity index (χ2n) is 13.0. The van der Waals surface area contributed by atoms with Crippen LogP contribution in [-0.4, -0.2) is 51.8 Å². The van der Waals surface area contributed by atoms with Gasteiger partial charge in [-0.15, -0.1) is 0 Å². The number of aromatic nitrogens is 8. The van der Waals surface area contributed by atoms with Crippen molar-refractivity contribution >= 4 is 23.5 Å². The Hall–Kier alpha value is -6.06. The van der Waals surface area contributed by atoms with Crippen LogP contribution < -0.4 is 10.6 Å². The summed E-state index contributed by atoms with van der Waals surface area (Å²) >= 11 is 0. The first kappa shape index (κ1) is 34.4. The summed E-state index contributed by atoms with van der Waals surface area (Å²) in [5.74, 6) is -3.24. The van der Waals surface area contributed by atoms with E-state index in [1.807, 2.05) is 12.1 Å². The van der Waals surface area contributed by atoms with E-state index in [1.54, 1.807) is 38.4 Å². The average molecular weight is 715 g/mol. The molecule has 2 saturated carbocycles. The molecule has 4 N–H and O–H groups in total. The highest BCUT2D eigenvalue weighted by Crippen LogP contribution is 2.40. The van der Waals surface area contributed by atoms with Crippen LogP contribution in [0, 0.1) is 23.3 Å². The fourth-order valence-corrected chi connectivity index (χ4v) is 5.43. The number of aromatic amines is 2. The summed E-state index contributed by atoms with van der Waals surface area (Å²) in [4.78, 5) is 24.9. The van der Waals surface area contributed by atoms with Crippen LogP contribution in [0.4, 0.5) is 29.2 Å². The summed E-state index contributed by atoms with van der Waals surface area (Å²) in [6, 6.07) is 14.1. The Bertz CT molecular complexity index is 2080. The van der Waals surface area contributed by atoms with E-state index < -0.39 is 35.1 Å². The molecule has 2 aliphatic rings. The topological polar surface area (TPSA) is 151 Å². The minimum absolute atomic E-state index is 0.241. The van der Waals surface area contributed by atoms with E-state index in [-0.39, 0.29) is 11.8 Å². The predicted molar refractivity (Wildman–Crippen MR) is 182 cm³/mol. The van der Waals surface area contributed by atoms with E-state index in [2.05, 4.69) is 41.2 Å². The van der Waals surface area contributed by atoms with Crippen molar-refractivity contribution in [1.82, 2.24) is 40.0 Å². The number of anilines is 2. The maximum atomic E-state index is 13.4. The van der Waals surface area contributed by atoms with Gasteiger partial charge in [-0.25, -0.2) is 26.9 Å². The fourth-order valence-electron chi connectivity index (χ4n) is 5.43. The van der Waals surface area contributed by atoms with Crippen LogP contribution in [0.15, 0.2) is 73.1 Å². The number of nitrogens with zero attached hydrogens (tertiary/aromatic N) is 6. The second kappa shape index (κ2) is 14.3. The Balaban J connectivity index is 0.000000162. The van der Waals surface area contributed by atoms with Crippen LogP contribution >= 0.6 is 0 Å². The van der Waals surface area contributed by atoms with Crippen LogP contribution in [0.1, 0.15) is 86.0 Å². The Kier molecular flexibility index (Phi) is 9.45. The lowest BCUT2D eigenvalue weighted by Gasteiger charge is -2.08. The van der Waals surface area contributed by atoms with Gasteiger partial charge < -0.3 is 10.6 Å². The molecule has 52 heavy (non-hydrogen) atoms. The van der Waals surface area contributed by atoms with Crippen molar-refractivity contribution < 1.29 is 27.2 Å². The Morgan fingerprint density at radius 3 is 1.40 bits per heavy atom. The van der Waals surface area contributed by atoms with E-state index in [0.717, 1.165) is 61.3 Å². The van der Waals surface area contributed by atoms with Crippen LogP contribution in [-0.2, 0) is 9.59 Å². The predicted octanol–water partition coefficient (Wildman–Crippen LogP) is 6.99. The molecule has 4 aromatic heterocycles. The lowest BCUT2D eigenvalue weighted by atomic mass is 10.1. The first-order chi connectivity index (χ1) is 25.0. The highest BCUT2D eigenvalue weighted by Gasteiger charge is 2.28. The van der Waals surface area contributed by atoms with Gasteiger partial charge in [0.2, 0.25) is 11.8 Å². The number of halogens is 4. The number of benzene rings is 2. The van der Waals surface area contributed by atoms with Gasteiger partial charge in [-0.05, 0) is 75.9 Å². The van der Waals surface area contributed by atoms with Gasteiger partial charge in [0.1, 0.15) is 0 Å². The average Bonchev–Trinajstić information content (AvgIpc) is 3.90. The highest BCUT2D eigenvalue weighted by atomic mass is 19.2. The van der Waals surface area contributed by atoms with Crippen LogP contribution in [0.2, 0.25) is 0 Å². The van der Waals surface area contributed by atoms with Crippen molar-refractivity contribution in [3.05, 3.63) is 119 Å². The second-order valence-corrected chi connectivity index (χ2v) is 13.0. The van der Waals surface area contributed by atoms with Crippen LogP contribution in [0.3, 0.4) is 0 Å². The molecule has 0 spiro atoms. The van der Waals surface area contributed by atoms with Crippen molar-refractivity contribution in [2.45, 2.75) is 63.2 Å². The van der Waals surface area contributed by atoms with Crippen molar-refractivity contribution in [2.75, 3.05) is 10.6 Å². The molecule has 0 aliphatic heterocycles. The molecule has 8 rings (SSSR count). The Labute approximate surface area is 294 Å². The van der Waals surface area contributed by atoms with Gasteiger partial charge in [0.05, 0.1) is 34.6 Å². The zero-order chi connectivity index (χ0) is 36.5. The molecule has 4 heterocycles. The van der Waals surface area contributed by atoms with Crippen molar-refractivity contribution in [3.8, 4) is 11.4 Å². The Morgan fingerprint density at radius 1 is 0.635 bits per heavy atom. The van der Waals surface area contributed by atoms with Crippen LogP contribution in [0.5, 0.6) is 0 Å². The molecular formula is C36H34F4N10O2. The minimum atomic E-state index is -0.949. The van der Waals surface area contributed by atoms with Crippen molar-refractivity contribution in [3.63, 3.8) is 0 Å². The highest BCUT2D eigenvalue weighted by molar-refractivity contribution is 5.95. The summed E-state index contributed by atoms with van der Waals surface area (Å²) in [7, 11) is 0. The molecule has 0 unspecified atom stereocenters. The normalized spacial score (nSPS) is 15.0. The van der Waals surface area contributed by atoms with Gasteiger partial charge in [0.15, 0.2) is 34.9 Å². The summed E-state index contributed by atoms with van der Waals surface area (Å²) in [5.41, 5.74) is 3.87. The third-order valence-corrected chi connectivity index (χ3v) is 8.96. The monoisotopic (exact) mass is 714 g/mol.